The fourth-order valence-corrected chi connectivity index (χ4v) is 2.47. The molecule has 0 atom stereocenters. The third-order valence-electron chi connectivity index (χ3n) is 3.46. The molecule has 0 aromatic heterocycles. The van der Waals surface area contributed by atoms with Gasteiger partial charge in [0.2, 0.25) is 0 Å². The van der Waals surface area contributed by atoms with Gasteiger partial charge in [-0.15, -0.1) is 0 Å². The molecule has 1 heterocycles. The highest BCUT2D eigenvalue weighted by Crippen LogP contribution is 2.35. The van der Waals surface area contributed by atoms with Crippen molar-refractivity contribution in [2.45, 2.75) is 19.3 Å². The number of ether oxygens (including phenoxy) is 1. The van der Waals surface area contributed by atoms with Crippen LogP contribution in [0.3, 0.4) is 0 Å². The Labute approximate surface area is 105 Å². The highest BCUT2D eigenvalue weighted by atomic mass is 35.5. The maximum Gasteiger partial charge on any atom is 0.126 e. The van der Waals surface area contributed by atoms with E-state index in [0.29, 0.717) is 30.2 Å². The van der Waals surface area contributed by atoms with E-state index in [9.17, 15) is 9.50 Å². The maximum absolute atomic E-state index is 13.7. The Bertz CT molecular complexity index is 389. The van der Waals surface area contributed by atoms with Crippen molar-refractivity contribution in [3.05, 3.63) is 34.6 Å². The molecule has 0 bridgehead atoms. The molecule has 0 radical (unpaired) electrons. The minimum Gasteiger partial charge on any atom is -0.396 e. The van der Waals surface area contributed by atoms with Gasteiger partial charge in [-0.1, -0.05) is 11.6 Å². The van der Waals surface area contributed by atoms with Crippen molar-refractivity contribution >= 4 is 11.6 Å². The van der Waals surface area contributed by atoms with E-state index in [2.05, 4.69) is 0 Å². The van der Waals surface area contributed by atoms with Crippen LogP contribution >= 0.6 is 11.6 Å². The van der Waals surface area contributed by atoms with Gasteiger partial charge in [-0.3, -0.25) is 0 Å². The fraction of sp³-hybridized carbons (Fsp3) is 0.538. The summed E-state index contributed by atoms with van der Waals surface area (Å²) in [5.41, 5.74) is 0.317. The van der Waals surface area contributed by atoms with Crippen LogP contribution in [0.1, 0.15) is 18.4 Å². The second-order valence-electron chi connectivity index (χ2n) is 4.68. The maximum atomic E-state index is 13.7. The molecule has 0 amide bonds. The largest absolute Gasteiger partial charge is 0.396 e. The van der Waals surface area contributed by atoms with Gasteiger partial charge >= 0.3 is 0 Å². The third-order valence-corrected chi connectivity index (χ3v) is 3.70. The van der Waals surface area contributed by atoms with Gasteiger partial charge in [0.15, 0.2) is 0 Å². The molecule has 1 fully saturated rings. The van der Waals surface area contributed by atoms with E-state index in [1.54, 1.807) is 6.07 Å². The quantitative estimate of drug-likeness (QED) is 0.903. The Kier molecular flexibility index (Phi) is 4.02. The number of benzene rings is 1. The highest BCUT2D eigenvalue weighted by Gasteiger charge is 2.32. The summed E-state index contributed by atoms with van der Waals surface area (Å²) in [6, 6.07) is 4.56. The van der Waals surface area contributed by atoms with E-state index < -0.39 is 0 Å². The number of hydrogen-bond donors (Lipinski definition) is 1. The van der Waals surface area contributed by atoms with Crippen molar-refractivity contribution in [1.82, 2.24) is 0 Å². The summed E-state index contributed by atoms with van der Waals surface area (Å²) in [6.45, 7) is 1.31. The number of hydrogen-bond acceptors (Lipinski definition) is 2. The molecule has 1 aromatic carbocycles. The Hall–Kier alpha value is -0.640. The molecule has 1 aromatic rings. The molecule has 1 aliphatic rings. The molecule has 2 rings (SSSR count). The van der Waals surface area contributed by atoms with Gasteiger partial charge in [0.25, 0.3) is 0 Å². The van der Waals surface area contributed by atoms with Crippen LogP contribution in [0.5, 0.6) is 0 Å². The molecule has 0 unspecified atom stereocenters. The van der Waals surface area contributed by atoms with E-state index in [-0.39, 0.29) is 17.8 Å². The van der Waals surface area contributed by atoms with Crippen molar-refractivity contribution in [1.29, 1.82) is 0 Å². The second-order valence-corrected chi connectivity index (χ2v) is 5.12. The van der Waals surface area contributed by atoms with Crippen LogP contribution in [0.4, 0.5) is 4.39 Å². The lowest BCUT2D eigenvalue weighted by Crippen LogP contribution is -2.35. The predicted octanol–water partition coefficient (Wildman–Crippen LogP) is 2.81. The zero-order valence-corrected chi connectivity index (χ0v) is 10.3. The molecule has 0 saturated carbocycles. The lowest BCUT2D eigenvalue weighted by atomic mass is 9.76. The molecule has 94 valence electrons. The van der Waals surface area contributed by atoms with E-state index in [0.717, 1.165) is 12.8 Å². The smallest absolute Gasteiger partial charge is 0.126 e. The Morgan fingerprint density at radius 3 is 2.71 bits per heavy atom. The van der Waals surface area contributed by atoms with Crippen molar-refractivity contribution in [3.63, 3.8) is 0 Å². The van der Waals surface area contributed by atoms with Crippen LogP contribution in [0.2, 0.25) is 5.02 Å². The van der Waals surface area contributed by atoms with Gasteiger partial charge in [-0.2, -0.15) is 0 Å². The molecule has 1 saturated heterocycles. The van der Waals surface area contributed by atoms with E-state index >= 15 is 0 Å². The van der Waals surface area contributed by atoms with Crippen LogP contribution in [0.25, 0.3) is 0 Å². The van der Waals surface area contributed by atoms with Gasteiger partial charge < -0.3 is 9.84 Å². The third kappa shape index (κ3) is 2.97. The van der Waals surface area contributed by atoms with Crippen molar-refractivity contribution in [2.24, 2.45) is 5.41 Å². The van der Waals surface area contributed by atoms with Crippen molar-refractivity contribution in [3.8, 4) is 0 Å². The minimum absolute atomic E-state index is 0.0579. The lowest BCUT2D eigenvalue weighted by Gasteiger charge is -2.35. The highest BCUT2D eigenvalue weighted by molar-refractivity contribution is 6.30. The SMILES string of the molecule is OCC1(Cc2cc(Cl)ccc2F)CCOCC1. The molecule has 1 aliphatic heterocycles. The van der Waals surface area contributed by atoms with Crippen LogP contribution in [0.15, 0.2) is 18.2 Å². The van der Waals surface area contributed by atoms with E-state index in [1.807, 2.05) is 0 Å². The molecule has 2 nitrogen and oxygen atoms in total. The average Bonchev–Trinajstić information content (AvgIpc) is 2.35. The van der Waals surface area contributed by atoms with Crippen LogP contribution in [-0.4, -0.2) is 24.9 Å². The topological polar surface area (TPSA) is 29.5 Å². The fourth-order valence-electron chi connectivity index (χ4n) is 2.28. The summed E-state index contributed by atoms with van der Waals surface area (Å²) >= 11 is 5.87. The predicted molar refractivity (Wildman–Crippen MR) is 64.7 cm³/mol. The first kappa shape index (κ1) is 12.8. The first-order chi connectivity index (χ1) is 8.15. The molecule has 1 N–H and O–H groups in total. The van der Waals surface area contributed by atoms with Crippen LogP contribution in [0, 0.1) is 11.2 Å². The molecule has 4 heteroatoms. The Morgan fingerprint density at radius 2 is 2.06 bits per heavy atom. The number of rotatable bonds is 3. The first-order valence-corrected chi connectivity index (χ1v) is 6.16. The zero-order valence-electron chi connectivity index (χ0n) is 9.59. The molecular weight excluding hydrogens is 243 g/mol. The standard InChI is InChI=1S/C13H16ClFO2/c14-11-1-2-12(15)10(7-11)8-13(9-16)3-5-17-6-4-13/h1-2,7,16H,3-6,8-9H2. The summed E-state index contributed by atoms with van der Waals surface area (Å²) in [4.78, 5) is 0. The summed E-state index contributed by atoms with van der Waals surface area (Å²) in [7, 11) is 0. The van der Waals surface area contributed by atoms with Crippen LogP contribution in [-0.2, 0) is 11.2 Å². The summed E-state index contributed by atoms with van der Waals surface area (Å²) < 4.78 is 18.9. The van der Waals surface area contributed by atoms with Crippen molar-refractivity contribution < 1.29 is 14.2 Å². The summed E-state index contributed by atoms with van der Waals surface area (Å²) in [5, 5.41) is 10.1. The van der Waals surface area contributed by atoms with Gasteiger partial charge in [-0.25, -0.2) is 4.39 Å². The van der Waals surface area contributed by atoms with Gasteiger partial charge in [0.1, 0.15) is 5.82 Å². The Morgan fingerprint density at radius 1 is 1.35 bits per heavy atom. The zero-order chi connectivity index (χ0) is 12.3. The molecular formula is C13H16ClFO2. The average molecular weight is 259 g/mol. The molecule has 0 aliphatic carbocycles. The van der Waals surface area contributed by atoms with Gasteiger partial charge in [0, 0.05) is 30.3 Å². The normalized spacial score (nSPS) is 19.2. The summed E-state index contributed by atoms with van der Waals surface area (Å²) in [6.07, 6.45) is 2.03. The van der Waals surface area contributed by atoms with Crippen molar-refractivity contribution in [2.75, 3.05) is 19.8 Å². The number of halogens is 2. The number of aliphatic hydroxyl groups excluding tert-OH is 1. The van der Waals surface area contributed by atoms with Gasteiger partial charge in [0.05, 0.1) is 0 Å². The number of aliphatic hydroxyl groups is 1. The van der Waals surface area contributed by atoms with Gasteiger partial charge in [-0.05, 0) is 43.0 Å². The summed E-state index contributed by atoms with van der Waals surface area (Å²) in [5.74, 6) is -0.256. The lowest BCUT2D eigenvalue weighted by molar-refractivity contribution is -0.0161. The monoisotopic (exact) mass is 258 g/mol. The molecule has 0 spiro atoms. The second kappa shape index (κ2) is 5.34. The Balaban J connectivity index is 2.20. The van der Waals surface area contributed by atoms with Crippen LogP contribution < -0.4 is 0 Å². The molecule has 17 heavy (non-hydrogen) atoms. The van der Waals surface area contributed by atoms with E-state index in [1.165, 1.54) is 12.1 Å². The van der Waals surface area contributed by atoms with E-state index in [4.69, 9.17) is 16.3 Å². The first-order valence-electron chi connectivity index (χ1n) is 5.78. The minimum atomic E-state index is -0.260.